The lowest BCUT2D eigenvalue weighted by molar-refractivity contribution is -0.385. The van der Waals surface area contributed by atoms with E-state index in [1.807, 2.05) is 36.4 Å². The SMILES string of the molecule is COc1ccc(OC(=O)Cc2coc3ccc4ccccc4c23)c([N+](=O)[O-])c1. The number of benzene rings is 3. The van der Waals surface area contributed by atoms with Crippen molar-refractivity contribution in [1.82, 2.24) is 0 Å². The van der Waals surface area contributed by atoms with Gasteiger partial charge in [0.2, 0.25) is 5.75 Å². The summed E-state index contributed by atoms with van der Waals surface area (Å²) in [6, 6.07) is 15.6. The summed E-state index contributed by atoms with van der Waals surface area (Å²) in [5.74, 6) is -0.448. The van der Waals surface area contributed by atoms with Gasteiger partial charge in [0, 0.05) is 10.9 Å². The van der Waals surface area contributed by atoms with Crippen molar-refractivity contribution in [3.8, 4) is 11.5 Å². The van der Waals surface area contributed by atoms with Crippen molar-refractivity contribution in [3.63, 3.8) is 0 Å². The summed E-state index contributed by atoms with van der Waals surface area (Å²) in [6.07, 6.45) is 1.44. The van der Waals surface area contributed by atoms with Crippen LogP contribution in [0.25, 0.3) is 21.7 Å². The molecule has 0 fully saturated rings. The lowest BCUT2D eigenvalue weighted by atomic mass is 10.0. The molecule has 0 unspecified atom stereocenters. The van der Waals surface area contributed by atoms with E-state index in [2.05, 4.69) is 0 Å². The van der Waals surface area contributed by atoms with Crippen LogP contribution >= 0.6 is 0 Å². The third-order valence-corrected chi connectivity index (χ3v) is 4.46. The number of nitrogens with zero attached hydrogens (tertiary/aromatic N) is 1. The second kappa shape index (κ2) is 7.03. The first-order chi connectivity index (χ1) is 13.6. The highest BCUT2D eigenvalue weighted by Gasteiger charge is 2.21. The summed E-state index contributed by atoms with van der Waals surface area (Å²) < 4.78 is 15.8. The molecule has 4 rings (SSSR count). The number of furan rings is 1. The van der Waals surface area contributed by atoms with Crippen LogP contribution in [0.5, 0.6) is 11.5 Å². The molecule has 0 aliphatic heterocycles. The highest BCUT2D eigenvalue weighted by atomic mass is 16.6. The molecule has 0 aliphatic rings. The van der Waals surface area contributed by atoms with Crippen molar-refractivity contribution in [2.24, 2.45) is 0 Å². The van der Waals surface area contributed by atoms with Crippen LogP contribution in [0.1, 0.15) is 5.56 Å². The Labute approximate surface area is 159 Å². The lowest BCUT2D eigenvalue weighted by Gasteiger charge is -2.07. The molecule has 0 amide bonds. The van der Waals surface area contributed by atoms with Gasteiger partial charge in [0.25, 0.3) is 0 Å². The van der Waals surface area contributed by atoms with E-state index in [-0.39, 0.29) is 17.9 Å². The zero-order chi connectivity index (χ0) is 19.7. The van der Waals surface area contributed by atoms with Crippen LogP contribution < -0.4 is 9.47 Å². The van der Waals surface area contributed by atoms with Crippen LogP contribution in [0.2, 0.25) is 0 Å². The second-order valence-corrected chi connectivity index (χ2v) is 6.16. The normalized spacial score (nSPS) is 10.9. The first kappa shape index (κ1) is 17.5. The quantitative estimate of drug-likeness (QED) is 0.218. The number of ether oxygens (including phenoxy) is 2. The molecule has 1 aromatic heterocycles. The Morgan fingerprint density at radius 1 is 1.14 bits per heavy atom. The largest absolute Gasteiger partial charge is 0.496 e. The second-order valence-electron chi connectivity index (χ2n) is 6.16. The van der Waals surface area contributed by atoms with Gasteiger partial charge < -0.3 is 13.9 Å². The molecule has 28 heavy (non-hydrogen) atoms. The fraction of sp³-hybridized carbons (Fsp3) is 0.0952. The number of nitro benzene ring substituents is 1. The van der Waals surface area contributed by atoms with Crippen molar-refractivity contribution in [2.75, 3.05) is 7.11 Å². The monoisotopic (exact) mass is 377 g/mol. The Morgan fingerprint density at radius 2 is 1.96 bits per heavy atom. The number of hydrogen-bond acceptors (Lipinski definition) is 6. The Kier molecular flexibility index (Phi) is 4.41. The molecule has 140 valence electrons. The molecular formula is C21H15NO6. The number of methoxy groups -OCH3 is 1. The average molecular weight is 377 g/mol. The van der Waals surface area contributed by atoms with Crippen molar-refractivity contribution in [2.45, 2.75) is 6.42 Å². The molecule has 0 atom stereocenters. The Hall–Kier alpha value is -3.87. The number of nitro groups is 1. The van der Waals surface area contributed by atoms with E-state index in [0.29, 0.717) is 16.9 Å². The predicted molar refractivity (Wildman–Crippen MR) is 103 cm³/mol. The number of esters is 1. The number of fused-ring (bicyclic) bond motifs is 3. The zero-order valence-corrected chi connectivity index (χ0v) is 14.9. The molecule has 0 aliphatic carbocycles. The average Bonchev–Trinajstić information content (AvgIpc) is 3.11. The minimum Gasteiger partial charge on any atom is -0.496 e. The first-order valence-electron chi connectivity index (χ1n) is 8.48. The highest BCUT2D eigenvalue weighted by molar-refractivity contribution is 6.08. The van der Waals surface area contributed by atoms with Crippen molar-refractivity contribution in [1.29, 1.82) is 0 Å². The summed E-state index contributed by atoms with van der Waals surface area (Å²) >= 11 is 0. The van der Waals surface area contributed by atoms with Gasteiger partial charge in [-0.1, -0.05) is 30.3 Å². The van der Waals surface area contributed by atoms with Crippen LogP contribution in [0.15, 0.2) is 65.3 Å². The number of hydrogen-bond donors (Lipinski definition) is 0. The first-order valence-corrected chi connectivity index (χ1v) is 8.48. The van der Waals surface area contributed by atoms with Crippen molar-refractivity contribution in [3.05, 3.63) is 76.5 Å². The van der Waals surface area contributed by atoms with E-state index in [1.165, 1.54) is 31.6 Å². The number of rotatable bonds is 5. The number of carbonyl (C=O) groups excluding carboxylic acids is 1. The van der Waals surface area contributed by atoms with Crippen LogP contribution in [0.3, 0.4) is 0 Å². The van der Waals surface area contributed by atoms with E-state index in [9.17, 15) is 14.9 Å². The van der Waals surface area contributed by atoms with Gasteiger partial charge in [-0.05, 0) is 29.0 Å². The van der Waals surface area contributed by atoms with E-state index in [0.717, 1.165) is 16.2 Å². The Bertz CT molecular complexity index is 1210. The smallest absolute Gasteiger partial charge is 0.316 e. The van der Waals surface area contributed by atoms with Crippen LogP contribution in [0.4, 0.5) is 5.69 Å². The summed E-state index contributed by atoms with van der Waals surface area (Å²) in [6.45, 7) is 0. The standard InChI is InChI=1S/C21H15NO6/c1-26-15-7-9-18(17(11-15)22(24)25)28-20(23)10-14-12-27-19-8-6-13-4-2-3-5-16(13)21(14)19/h2-9,11-12H,10H2,1H3. The molecule has 7 heteroatoms. The van der Waals surface area contributed by atoms with Crippen molar-refractivity contribution < 1.29 is 23.6 Å². The third-order valence-electron chi connectivity index (χ3n) is 4.46. The summed E-state index contributed by atoms with van der Waals surface area (Å²) in [7, 11) is 1.40. The summed E-state index contributed by atoms with van der Waals surface area (Å²) in [5, 5.41) is 14.1. The summed E-state index contributed by atoms with van der Waals surface area (Å²) in [5.41, 5.74) is 0.986. The Morgan fingerprint density at radius 3 is 2.75 bits per heavy atom. The lowest BCUT2D eigenvalue weighted by Crippen LogP contribution is -2.12. The Balaban J connectivity index is 1.65. The molecule has 0 saturated heterocycles. The van der Waals surface area contributed by atoms with Gasteiger partial charge in [0.05, 0.1) is 30.8 Å². The van der Waals surface area contributed by atoms with E-state index in [4.69, 9.17) is 13.9 Å². The van der Waals surface area contributed by atoms with Gasteiger partial charge in [-0.15, -0.1) is 0 Å². The number of carbonyl (C=O) groups is 1. The fourth-order valence-corrected chi connectivity index (χ4v) is 3.17. The molecule has 4 aromatic rings. The molecule has 3 aromatic carbocycles. The molecule has 7 nitrogen and oxygen atoms in total. The van der Waals surface area contributed by atoms with Crippen LogP contribution in [-0.4, -0.2) is 18.0 Å². The van der Waals surface area contributed by atoms with Gasteiger partial charge in [-0.2, -0.15) is 0 Å². The van der Waals surface area contributed by atoms with Gasteiger partial charge in [0.1, 0.15) is 11.3 Å². The van der Waals surface area contributed by atoms with Gasteiger partial charge >= 0.3 is 11.7 Å². The van der Waals surface area contributed by atoms with E-state index < -0.39 is 10.9 Å². The molecule has 0 N–H and O–H groups in total. The maximum absolute atomic E-state index is 12.5. The third kappa shape index (κ3) is 3.14. The molecular weight excluding hydrogens is 362 g/mol. The van der Waals surface area contributed by atoms with Gasteiger partial charge in [-0.3, -0.25) is 14.9 Å². The van der Waals surface area contributed by atoms with Crippen molar-refractivity contribution >= 4 is 33.4 Å². The maximum Gasteiger partial charge on any atom is 0.316 e. The van der Waals surface area contributed by atoms with Crippen LogP contribution in [-0.2, 0) is 11.2 Å². The predicted octanol–water partition coefficient (Wildman–Crippen LogP) is 4.65. The molecule has 0 bridgehead atoms. The van der Waals surface area contributed by atoms with E-state index >= 15 is 0 Å². The molecule has 1 heterocycles. The minimum absolute atomic E-state index is 0.0792. The minimum atomic E-state index is -0.621. The van der Waals surface area contributed by atoms with Gasteiger partial charge in [-0.25, -0.2) is 0 Å². The zero-order valence-electron chi connectivity index (χ0n) is 14.9. The molecule has 0 radical (unpaired) electrons. The van der Waals surface area contributed by atoms with Gasteiger partial charge in [0.15, 0.2) is 0 Å². The van der Waals surface area contributed by atoms with Crippen LogP contribution in [0, 0.1) is 10.1 Å². The van der Waals surface area contributed by atoms with E-state index in [1.54, 1.807) is 0 Å². The molecule has 0 saturated carbocycles. The molecule has 0 spiro atoms. The topological polar surface area (TPSA) is 91.8 Å². The highest BCUT2D eigenvalue weighted by Crippen LogP contribution is 2.33. The maximum atomic E-state index is 12.5. The summed E-state index contributed by atoms with van der Waals surface area (Å²) in [4.78, 5) is 23.1. The fourth-order valence-electron chi connectivity index (χ4n) is 3.17.